The first-order valence-electron chi connectivity index (χ1n) is 5.28. The van der Waals surface area contributed by atoms with E-state index in [1.807, 2.05) is 11.8 Å². The molecule has 0 saturated carbocycles. The highest BCUT2D eigenvalue weighted by Gasteiger charge is 2.17. The molecule has 84 valence electrons. The van der Waals surface area contributed by atoms with Crippen molar-refractivity contribution in [3.05, 3.63) is 18.2 Å². The van der Waals surface area contributed by atoms with Crippen LogP contribution in [0.3, 0.4) is 0 Å². The summed E-state index contributed by atoms with van der Waals surface area (Å²) in [6.07, 6.45) is 3.67. The van der Waals surface area contributed by atoms with Gasteiger partial charge < -0.3 is 5.32 Å². The summed E-state index contributed by atoms with van der Waals surface area (Å²) in [5.41, 5.74) is 1.22. The Kier molecular flexibility index (Phi) is 4.03. The van der Waals surface area contributed by atoms with E-state index in [1.54, 1.807) is 11.8 Å². The summed E-state index contributed by atoms with van der Waals surface area (Å²) in [6.45, 7) is 0. The van der Waals surface area contributed by atoms with Gasteiger partial charge in [-0.3, -0.25) is 0 Å². The van der Waals surface area contributed by atoms with E-state index in [9.17, 15) is 0 Å². The minimum atomic E-state index is 0.442. The molecular formula is C12H14N2S2. The van der Waals surface area contributed by atoms with E-state index in [0.717, 1.165) is 12.2 Å². The molecule has 0 amide bonds. The number of nitrogens with zero attached hydrogens (tertiary/aromatic N) is 1. The number of thioether (sulfide) groups is 2. The minimum absolute atomic E-state index is 0.442. The smallest absolute Gasteiger partial charge is 0.0622 e. The van der Waals surface area contributed by atoms with Gasteiger partial charge in [0.05, 0.1) is 6.07 Å². The molecule has 4 heteroatoms. The van der Waals surface area contributed by atoms with E-state index in [0.29, 0.717) is 12.5 Å². The molecule has 0 saturated heterocycles. The summed E-state index contributed by atoms with van der Waals surface area (Å²) in [4.78, 5) is 2.64. The van der Waals surface area contributed by atoms with Crippen LogP contribution in [0.25, 0.3) is 0 Å². The lowest BCUT2D eigenvalue weighted by Crippen LogP contribution is -2.25. The largest absolute Gasteiger partial charge is 0.381 e. The summed E-state index contributed by atoms with van der Waals surface area (Å²) in [7, 11) is 0. The van der Waals surface area contributed by atoms with Crippen molar-refractivity contribution in [1.82, 2.24) is 0 Å². The van der Waals surface area contributed by atoms with Crippen LogP contribution < -0.4 is 5.32 Å². The van der Waals surface area contributed by atoms with Crippen molar-refractivity contribution >= 4 is 29.2 Å². The monoisotopic (exact) mass is 250 g/mol. The average molecular weight is 250 g/mol. The average Bonchev–Trinajstić information content (AvgIpc) is 2.35. The van der Waals surface area contributed by atoms with Crippen LogP contribution >= 0.6 is 23.5 Å². The van der Waals surface area contributed by atoms with Gasteiger partial charge in [-0.05, 0) is 30.9 Å². The highest BCUT2D eigenvalue weighted by Crippen LogP contribution is 2.36. The molecule has 1 atom stereocenters. The Hall–Kier alpha value is -0.790. The number of anilines is 1. The lowest BCUT2D eigenvalue weighted by molar-refractivity contribution is 0.724. The zero-order chi connectivity index (χ0) is 11.4. The van der Waals surface area contributed by atoms with Crippen LogP contribution in [0.15, 0.2) is 28.0 Å². The summed E-state index contributed by atoms with van der Waals surface area (Å²) < 4.78 is 0. The molecule has 16 heavy (non-hydrogen) atoms. The number of nitriles is 1. The molecule has 0 spiro atoms. The quantitative estimate of drug-likeness (QED) is 0.831. The highest BCUT2D eigenvalue weighted by atomic mass is 32.2. The molecule has 1 N–H and O–H groups in total. The fourth-order valence-corrected chi connectivity index (χ4v) is 3.35. The van der Waals surface area contributed by atoms with Crippen molar-refractivity contribution in [2.75, 3.05) is 17.3 Å². The van der Waals surface area contributed by atoms with Crippen LogP contribution in [-0.2, 0) is 0 Å². The molecule has 1 aromatic rings. The lowest BCUT2D eigenvalue weighted by Gasteiger charge is -2.26. The molecule has 0 fully saturated rings. The first-order chi connectivity index (χ1) is 7.83. The third-order valence-electron chi connectivity index (χ3n) is 2.59. The first-order valence-corrected chi connectivity index (χ1v) is 7.49. The summed E-state index contributed by atoms with van der Waals surface area (Å²) >= 11 is 3.66. The fourth-order valence-electron chi connectivity index (χ4n) is 1.71. The zero-order valence-electron chi connectivity index (χ0n) is 9.19. The molecule has 0 bridgehead atoms. The molecule has 2 nitrogen and oxygen atoms in total. The SMILES string of the molecule is CSc1ccc2c(c1)SCC(CCC#N)N2. The van der Waals surface area contributed by atoms with E-state index in [4.69, 9.17) is 5.26 Å². The predicted octanol–water partition coefficient (Wildman–Crippen LogP) is 3.60. The molecule has 1 unspecified atom stereocenters. The topological polar surface area (TPSA) is 35.8 Å². The van der Waals surface area contributed by atoms with Gasteiger partial charge in [0, 0.05) is 33.7 Å². The van der Waals surface area contributed by atoms with Gasteiger partial charge >= 0.3 is 0 Å². The first kappa shape index (κ1) is 11.7. The van der Waals surface area contributed by atoms with Crippen LogP contribution in [0.2, 0.25) is 0 Å². The van der Waals surface area contributed by atoms with Crippen LogP contribution in [0, 0.1) is 11.3 Å². The number of nitrogens with one attached hydrogen (secondary N) is 1. The standard InChI is InChI=1S/C12H14N2S2/c1-15-10-4-5-11-12(7-10)16-8-9(14-11)3-2-6-13/h4-5,7,9,14H,2-3,8H2,1H3. The van der Waals surface area contributed by atoms with Crippen LogP contribution in [0.4, 0.5) is 5.69 Å². The maximum atomic E-state index is 8.57. The normalized spacial score (nSPS) is 18.4. The summed E-state index contributed by atoms with van der Waals surface area (Å²) in [5, 5.41) is 12.1. The van der Waals surface area contributed by atoms with Crippen molar-refractivity contribution < 1.29 is 0 Å². The van der Waals surface area contributed by atoms with Crippen LogP contribution in [0.1, 0.15) is 12.8 Å². The summed E-state index contributed by atoms with van der Waals surface area (Å²) in [6, 6.07) is 9.17. The minimum Gasteiger partial charge on any atom is -0.381 e. The van der Waals surface area contributed by atoms with Crippen molar-refractivity contribution in [3.8, 4) is 6.07 Å². The number of fused-ring (bicyclic) bond motifs is 1. The molecule has 0 aromatic heterocycles. The maximum absolute atomic E-state index is 8.57. The Labute approximate surface area is 105 Å². The van der Waals surface area contributed by atoms with Gasteiger partial charge in [-0.1, -0.05) is 0 Å². The van der Waals surface area contributed by atoms with Crippen molar-refractivity contribution in [2.45, 2.75) is 28.7 Å². The van der Waals surface area contributed by atoms with Gasteiger partial charge in [-0.2, -0.15) is 5.26 Å². The molecule has 2 rings (SSSR count). The van der Waals surface area contributed by atoms with Gasteiger partial charge in [-0.25, -0.2) is 0 Å². The number of benzene rings is 1. The lowest BCUT2D eigenvalue weighted by atomic mass is 10.1. The molecule has 1 aliphatic heterocycles. The fraction of sp³-hybridized carbons (Fsp3) is 0.417. The third kappa shape index (κ3) is 2.66. The van der Waals surface area contributed by atoms with E-state index in [-0.39, 0.29) is 0 Å². The maximum Gasteiger partial charge on any atom is 0.0622 e. The number of rotatable bonds is 3. The Morgan fingerprint density at radius 1 is 1.62 bits per heavy atom. The second-order valence-electron chi connectivity index (χ2n) is 3.71. The van der Waals surface area contributed by atoms with Gasteiger partial charge in [0.25, 0.3) is 0 Å². The molecule has 1 aromatic carbocycles. The zero-order valence-corrected chi connectivity index (χ0v) is 10.8. The van der Waals surface area contributed by atoms with Crippen LogP contribution in [0.5, 0.6) is 0 Å². The van der Waals surface area contributed by atoms with Gasteiger partial charge in [0.2, 0.25) is 0 Å². The van der Waals surface area contributed by atoms with Crippen molar-refractivity contribution in [1.29, 1.82) is 5.26 Å². The Morgan fingerprint density at radius 2 is 2.50 bits per heavy atom. The Morgan fingerprint density at radius 3 is 3.25 bits per heavy atom. The Balaban J connectivity index is 2.07. The van der Waals surface area contributed by atoms with Crippen molar-refractivity contribution in [3.63, 3.8) is 0 Å². The third-order valence-corrected chi connectivity index (χ3v) is 4.54. The van der Waals surface area contributed by atoms with Gasteiger partial charge in [-0.15, -0.1) is 23.5 Å². The van der Waals surface area contributed by atoms with Crippen LogP contribution in [-0.4, -0.2) is 18.1 Å². The van der Waals surface area contributed by atoms with Gasteiger partial charge in [0.1, 0.15) is 0 Å². The number of hydrogen-bond donors (Lipinski definition) is 1. The molecule has 0 aliphatic carbocycles. The molecule has 1 aliphatic rings. The van der Waals surface area contributed by atoms with Crippen molar-refractivity contribution in [2.24, 2.45) is 0 Å². The summed E-state index contributed by atoms with van der Waals surface area (Å²) in [5.74, 6) is 1.06. The second kappa shape index (κ2) is 5.51. The van der Waals surface area contributed by atoms with E-state index in [2.05, 4.69) is 35.8 Å². The van der Waals surface area contributed by atoms with E-state index < -0.39 is 0 Å². The number of hydrogen-bond acceptors (Lipinski definition) is 4. The van der Waals surface area contributed by atoms with E-state index in [1.165, 1.54) is 15.5 Å². The second-order valence-corrected chi connectivity index (χ2v) is 5.65. The van der Waals surface area contributed by atoms with E-state index >= 15 is 0 Å². The van der Waals surface area contributed by atoms with Gasteiger partial charge in [0.15, 0.2) is 0 Å². The Bertz CT molecular complexity index is 412. The molecule has 1 heterocycles. The highest BCUT2D eigenvalue weighted by molar-refractivity contribution is 8.00. The molecule has 0 radical (unpaired) electrons. The predicted molar refractivity (Wildman–Crippen MR) is 71.2 cm³/mol. The molecular weight excluding hydrogens is 236 g/mol.